The topological polar surface area (TPSA) is 90.2 Å². The molecule has 2 N–H and O–H groups in total. The summed E-state index contributed by atoms with van der Waals surface area (Å²) >= 11 is 0. The third-order valence-corrected chi connectivity index (χ3v) is 2.50. The Labute approximate surface area is 82.7 Å². The van der Waals surface area contributed by atoms with Crippen LogP contribution in [0.1, 0.15) is 33.1 Å². The summed E-state index contributed by atoms with van der Waals surface area (Å²) in [6.45, 7) is 3.44. The molecule has 14 heavy (non-hydrogen) atoms. The smallest absolute Gasteiger partial charge is 0.310 e. The van der Waals surface area contributed by atoms with E-state index in [1.807, 2.05) is 5.32 Å². The van der Waals surface area contributed by atoms with Crippen LogP contribution in [0.25, 0.3) is 0 Å². The largest absolute Gasteiger partial charge is 0.481 e. The average molecular weight is 198 g/mol. The van der Waals surface area contributed by atoms with Crippen LogP contribution in [-0.4, -0.2) is 17.0 Å². The van der Waals surface area contributed by atoms with Crippen molar-refractivity contribution in [1.82, 2.24) is 5.32 Å². The quantitative estimate of drug-likeness (QED) is 0.506. The Balaban J connectivity index is 4.61. The summed E-state index contributed by atoms with van der Waals surface area (Å²) in [4.78, 5) is 22.0. The van der Waals surface area contributed by atoms with E-state index >= 15 is 0 Å². The maximum Gasteiger partial charge on any atom is 0.310 e. The molecule has 0 atom stereocenters. The summed E-state index contributed by atoms with van der Waals surface area (Å²) in [6, 6.07) is 0. The van der Waals surface area contributed by atoms with E-state index in [1.165, 1.54) is 6.19 Å². The van der Waals surface area contributed by atoms with Crippen LogP contribution >= 0.6 is 0 Å². The lowest BCUT2D eigenvalue weighted by Gasteiger charge is -2.25. The van der Waals surface area contributed by atoms with Gasteiger partial charge < -0.3 is 5.11 Å². The number of aliphatic carboxylic acids is 1. The predicted molar refractivity (Wildman–Crippen MR) is 49.0 cm³/mol. The van der Waals surface area contributed by atoms with Gasteiger partial charge in [0.25, 0.3) is 0 Å². The molecule has 0 aliphatic heterocycles. The minimum absolute atomic E-state index is 0.150. The maximum absolute atomic E-state index is 11.1. The highest BCUT2D eigenvalue weighted by Gasteiger charge is 2.36. The normalized spacial score (nSPS) is 10.4. The zero-order valence-electron chi connectivity index (χ0n) is 8.33. The first kappa shape index (κ1) is 12.4. The Morgan fingerprint density at radius 2 is 1.93 bits per heavy atom. The molecule has 0 aliphatic carbocycles. The number of nitrogens with zero attached hydrogens (tertiary/aromatic N) is 1. The number of carboxylic acids is 1. The predicted octanol–water partition coefficient (Wildman–Crippen LogP) is 0.865. The molecule has 78 valence electrons. The van der Waals surface area contributed by atoms with Gasteiger partial charge in [-0.25, -0.2) is 0 Å². The molecular weight excluding hydrogens is 184 g/mol. The molecule has 0 saturated carbocycles. The summed E-state index contributed by atoms with van der Waals surface area (Å²) in [7, 11) is 0. The molecule has 0 saturated heterocycles. The van der Waals surface area contributed by atoms with Gasteiger partial charge in [0.2, 0.25) is 5.91 Å². The summed E-state index contributed by atoms with van der Waals surface area (Å²) in [5.41, 5.74) is -1.04. The fraction of sp³-hybridized carbons (Fsp3) is 0.667. The number of nitriles is 1. The second-order valence-electron chi connectivity index (χ2n) is 3.13. The van der Waals surface area contributed by atoms with Crippen LogP contribution in [0.3, 0.4) is 0 Å². The fourth-order valence-electron chi connectivity index (χ4n) is 1.29. The molecule has 0 aliphatic rings. The molecule has 0 bridgehead atoms. The van der Waals surface area contributed by atoms with E-state index in [0.29, 0.717) is 12.8 Å². The van der Waals surface area contributed by atoms with Gasteiger partial charge in [-0.3, -0.25) is 14.9 Å². The number of hydrogen-bond donors (Lipinski definition) is 2. The number of amides is 1. The summed E-state index contributed by atoms with van der Waals surface area (Å²) in [6.07, 6.45) is 2.08. The number of carbonyl (C=O) groups excluding carboxylic acids is 1. The van der Waals surface area contributed by atoms with E-state index in [-0.39, 0.29) is 6.42 Å². The fourth-order valence-corrected chi connectivity index (χ4v) is 1.29. The van der Waals surface area contributed by atoms with Crippen LogP contribution in [0.15, 0.2) is 0 Å². The van der Waals surface area contributed by atoms with Crippen molar-refractivity contribution in [3.8, 4) is 6.19 Å². The van der Waals surface area contributed by atoms with Crippen LogP contribution in [0.2, 0.25) is 0 Å². The van der Waals surface area contributed by atoms with E-state index in [0.717, 1.165) is 0 Å². The Bertz CT molecular complexity index is 264. The SMILES string of the molecule is CCC(CC)(CC(=O)NC#N)C(=O)O. The zero-order chi connectivity index (χ0) is 11.2. The van der Waals surface area contributed by atoms with Crippen LogP contribution in [0.5, 0.6) is 0 Å². The molecule has 0 unspecified atom stereocenters. The van der Waals surface area contributed by atoms with Crippen LogP contribution in [0, 0.1) is 16.9 Å². The number of carbonyl (C=O) groups is 2. The van der Waals surface area contributed by atoms with Crippen molar-refractivity contribution in [3.05, 3.63) is 0 Å². The molecular formula is C9H14N2O3. The molecule has 5 nitrogen and oxygen atoms in total. The van der Waals surface area contributed by atoms with E-state index in [9.17, 15) is 9.59 Å². The van der Waals surface area contributed by atoms with Gasteiger partial charge in [-0.2, -0.15) is 5.26 Å². The van der Waals surface area contributed by atoms with Gasteiger partial charge in [-0.15, -0.1) is 0 Å². The van der Waals surface area contributed by atoms with E-state index in [4.69, 9.17) is 10.4 Å². The van der Waals surface area contributed by atoms with Gasteiger partial charge in [-0.1, -0.05) is 13.8 Å². The lowest BCUT2D eigenvalue weighted by Crippen LogP contribution is -2.35. The zero-order valence-corrected chi connectivity index (χ0v) is 8.33. The summed E-state index contributed by atoms with van der Waals surface area (Å²) in [5.74, 6) is -1.53. The molecule has 0 aromatic rings. The third-order valence-electron chi connectivity index (χ3n) is 2.50. The minimum atomic E-state index is -1.04. The van der Waals surface area contributed by atoms with E-state index in [2.05, 4.69) is 0 Å². The molecule has 0 fully saturated rings. The lowest BCUT2D eigenvalue weighted by atomic mass is 9.79. The highest BCUT2D eigenvalue weighted by molar-refractivity contribution is 5.85. The van der Waals surface area contributed by atoms with Crippen molar-refractivity contribution < 1.29 is 14.7 Å². The van der Waals surface area contributed by atoms with Gasteiger partial charge in [0.1, 0.15) is 0 Å². The van der Waals surface area contributed by atoms with Gasteiger partial charge in [-0.05, 0) is 12.8 Å². The van der Waals surface area contributed by atoms with Gasteiger partial charge in [0, 0.05) is 6.42 Å². The molecule has 1 amide bonds. The molecule has 0 aromatic heterocycles. The molecule has 0 heterocycles. The van der Waals surface area contributed by atoms with Crippen LogP contribution < -0.4 is 5.32 Å². The van der Waals surface area contributed by atoms with Crippen molar-refractivity contribution in [3.63, 3.8) is 0 Å². The molecule has 0 spiro atoms. The number of hydrogen-bond acceptors (Lipinski definition) is 3. The first-order chi connectivity index (χ1) is 6.52. The number of carboxylic acid groups (broad SMARTS) is 1. The Kier molecular flexibility index (Phi) is 4.64. The van der Waals surface area contributed by atoms with Gasteiger partial charge in [0.05, 0.1) is 5.41 Å². The van der Waals surface area contributed by atoms with Crippen molar-refractivity contribution >= 4 is 11.9 Å². The van der Waals surface area contributed by atoms with Crippen molar-refractivity contribution in [2.45, 2.75) is 33.1 Å². The second kappa shape index (κ2) is 5.22. The minimum Gasteiger partial charge on any atom is -0.481 e. The third kappa shape index (κ3) is 2.73. The van der Waals surface area contributed by atoms with E-state index in [1.54, 1.807) is 13.8 Å². The Hall–Kier alpha value is -1.57. The summed E-state index contributed by atoms with van der Waals surface area (Å²) < 4.78 is 0. The van der Waals surface area contributed by atoms with Crippen LogP contribution in [0.4, 0.5) is 0 Å². The van der Waals surface area contributed by atoms with Crippen molar-refractivity contribution in [2.75, 3.05) is 0 Å². The maximum atomic E-state index is 11.1. The van der Waals surface area contributed by atoms with Gasteiger partial charge >= 0.3 is 5.97 Å². The average Bonchev–Trinajstić information content (AvgIpc) is 2.14. The first-order valence-electron chi connectivity index (χ1n) is 4.43. The van der Waals surface area contributed by atoms with E-state index < -0.39 is 17.3 Å². The second-order valence-corrected chi connectivity index (χ2v) is 3.13. The lowest BCUT2D eigenvalue weighted by molar-refractivity contribution is -0.152. The van der Waals surface area contributed by atoms with Gasteiger partial charge in [0.15, 0.2) is 6.19 Å². The molecule has 0 rings (SSSR count). The monoisotopic (exact) mass is 198 g/mol. The molecule has 0 aromatic carbocycles. The Morgan fingerprint density at radius 3 is 2.21 bits per heavy atom. The van der Waals surface area contributed by atoms with Crippen molar-refractivity contribution in [2.24, 2.45) is 5.41 Å². The number of nitrogens with one attached hydrogen (secondary N) is 1. The first-order valence-corrected chi connectivity index (χ1v) is 4.43. The van der Waals surface area contributed by atoms with Crippen molar-refractivity contribution in [1.29, 1.82) is 5.26 Å². The molecule has 0 radical (unpaired) electrons. The number of rotatable bonds is 5. The summed E-state index contributed by atoms with van der Waals surface area (Å²) in [5, 5.41) is 19.1. The van der Waals surface area contributed by atoms with Crippen LogP contribution in [-0.2, 0) is 9.59 Å². The molecule has 5 heteroatoms. The standard InChI is InChI=1S/C9H14N2O3/c1-3-9(4-2,8(13)14)5-7(12)11-6-10/h3-5H2,1-2H3,(H,11,12)(H,13,14). The highest BCUT2D eigenvalue weighted by Crippen LogP contribution is 2.30. The Morgan fingerprint density at radius 1 is 1.43 bits per heavy atom. The highest BCUT2D eigenvalue weighted by atomic mass is 16.4.